The fourth-order valence-electron chi connectivity index (χ4n) is 1.79. The molecule has 1 amide bonds. The molecule has 0 spiro atoms. The molecule has 2 aromatic rings. The van der Waals surface area contributed by atoms with Gasteiger partial charge in [-0.05, 0) is 38.1 Å². The number of amides is 1. The number of nitrogens with one attached hydrogen (secondary N) is 1. The summed E-state index contributed by atoms with van der Waals surface area (Å²) in [6.07, 6.45) is 3.25. The van der Waals surface area contributed by atoms with Crippen molar-refractivity contribution in [2.24, 2.45) is 10.7 Å². The fraction of sp³-hybridized carbons (Fsp3) is 0.188. The lowest BCUT2D eigenvalue weighted by atomic mass is 10.1. The zero-order chi connectivity index (χ0) is 15.2. The molecule has 0 aliphatic rings. The third-order valence-electron chi connectivity index (χ3n) is 2.76. The molecule has 0 radical (unpaired) electrons. The monoisotopic (exact) mass is 282 g/mol. The molecule has 1 heterocycles. The first-order valence-corrected chi connectivity index (χ1v) is 6.71. The summed E-state index contributed by atoms with van der Waals surface area (Å²) >= 11 is 0. The number of nitrogens with two attached hydrogens (primary N) is 1. The van der Waals surface area contributed by atoms with E-state index in [1.54, 1.807) is 48.8 Å². The van der Waals surface area contributed by atoms with Gasteiger partial charge in [-0.15, -0.1) is 0 Å². The molecule has 1 aromatic carbocycles. The predicted molar refractivity (Wildman–Crippen MR) is 84.5 cm³/mol. The van der Waals surface area contributed by atoms with Crippen LogP contribution in [0.4, 0.5) is 5.69 Å². The summed E-state index contributed by atoms with van der Waals surface area (Å²) in [4.78, 5) is 20.3. The second-order valence-electron chi connectivity index (χ2n) is 4.88. The van der Waals surface area contributed by atoms with Gasteiger partial charge in [-0.2, -0.15) is 0 Å². The quantitative estimate of drug-likeness (QED) is 0.667. The lowest BCUT2D eigenvalue weighted by Gasteiger charge is -2.06. The minimum absolute atomic E-state index is 0.138. The molecule has 1 aromatic heterocycles. The van der Waals surface area contributed by atoms with Crippen molar-refractivity contribution in [3.63, 3.8) is 0 Å². The molecule has 3 N–H and O–H groups in total. The van der Waals surface area contributed by atoms with Crippen LogP contribution in [-0.2, 0) is 0 Å². The molecule has 0 saturated carbocycles. The van der Waals surface area contributed by atoms with Crippen LogP contribution in [0, 0.1) is 0 Å². The lowest BCUT2D eigenvalue weighted by molar-refractivity contribution is 0.102. The minimum Gasteiger partial charge on any atom is -0.383 e. The molecule has 0 bridgehead atoms. The van der Waals surface area contributed by atoms with Crippen LogP contribution in [0.25, 0.3) is 0 Å². The molecule has 2 rings (SSSR count). The van der Waals surface area contributed by atoms with Crippen LogP contribution >= 0.6 is 0 Å². The molecule has 21 heavy (non-hydrogen) atoms. The average Bonchev–Trinajstić information content (AvgIpc) is 2.47. The second kappa shape index (κ2) is 6.65. The highest BCUT2D eigenvalue weighted by atomic mass is 16.1. The largest absolute Gasteiger partial charge is 0.383 e. The van der Waals surface area contributed by atoms with E-state index in [1.807, 2.05) is 13.8 Å². The van der Waals surface area contributed by atoms with Crippen LogP contribution in [0.5, 0.6) is 0 Å². The van der Waals surface area contributed by atoms with Crippen LogP contribution in [0.3, 0.4) is 0 Å². The highest BCUT2D eigenvalue weighted by molar-refractivity contribution is 6.05. The van der Waals surface area contributed by atoms with E-state index in [0.29, 0.717) is 17.1 Å². The van der Waals surface area contributed by atoms with Gasteiger partial charge >= 0.3 is 0 Å². The summed E-state index contributed by atoms with van der Waals surface area (Å²) in [7, 11) is 0. The Bertz CT molecular complexity index is 633. The van der Waals surface area contributed by atoms with Crippen molar-refractivity contribution < 1.29 is 4.79 Å². The Morgan fingerprint density at radius 3 is 2.43 bits per heavy atom. The number of aliphatic imine (C=N–C) groups is 1. The lowest BCUT2D eigenvalue weighted by Crippen LogP contribution is -2.16. The Morgan fingerprint density at radius 1 is 1.19 bits per heavy atom. The topological polar surface area (TPSA) is 80.4 Å². The Hall–Kier alpha value is -2.69. The summed E-state index contributed by atoms with van der Waals surface area (Å²) in [6, 6.07) is 10.7. The third kappa shape index (κ3) is 4.14. The predicted octanol–water partition coefficient (Wildman–Crippen LogP) is 2.45. The number of carbonyl (C=O) groups is 1. The van der Waals surface area contributed by atoms with Crippen molar-refractivity contribution in [1.82, 2.24) is 4.98 Å². The molecule has 0 aliphatic carbocycles. The van der Waals surface area contributed by atoms with E-state index in [0.717, 1.165) is 5.56 Å². The van der Waals surface area contributed by atoms with Crippen molar-refractivity contribution in [3.05, 3.63) is 59.9 Å². The molecule has 108 valence electrons. The van der Waals surface area contributed by atoms with E-state index >= 15 is 0 Å². The summed E-state index contributed by atoms with van der Waals surface area (Å²) in [5.74, 6) is 0.290. The van der Waals surface area contributed by atoms with Gasteiger partial charge in [0.05, 0.1) is 11.9 Å². The number of hydrogen-bond acceptors (Lipinski definition) is 3. The van der Waals surface area contributed by atoms with Gasteiger partial charge in [0.25, 0.3) is 5.91 Å². The first-order valence-electron chi connectivity index (χ1n) is 6.71. The minimum atomic E-state index is -0.186. The number of amidine groups is 1. The van der Waals surface area contributed by atoms with Crippen LogP contribution in [0.15, 0.2) is 53.8 Å². The number of anilines is 1. The molecule has 0 aliphatic heterocycles. The smallest absolute Gasteiger partial charge is 0.255 e. The van der Waals surface area contributed by atoms with Crippen LogP contribution in [0.2, 0.25) is 0 Å². The highest BCUT2D eigenvalue weighted by Crippen LogP contribution is 2.09. The van der Waals surface area contributed by atoms with Gasteiger partial charge in [0.1, 0.15) is 5.84 Å². The number of carbonyl (C=O) groups excluding carboxylic acids is 1. The number of rotatable bonds is 4. The van der Waals surface area contributed by atoms with Crippen LogP contribution in [0.1, 0.15) is 29.8 Å². The van der Waals surface area contributed by atoms with Gasteiger partial charge in [-0.3, -0.25) is 14.8 Å². The molecular formula is C16H18N4O. The van der Waals surface area contributed by atoms with E-state index < -0.39 is 0 Å². The maximum absolute atomic E-state index is 12.1. The zero-order valence-electron chi connectivity index (χ0n) is 12.1. The Labute approximate surface area is 123 Å². The van der Waals surface area contributed by atoms with Gasteiger partial charge in [0.15, 0.2) is 0 Å². The molecular weight excluding hydrogens is 264 g/mol. The molecule has 5 heteroatoms. The van der Waals surface area contributed by atoms with Crippen molar-refractivity contribution in [3.8, 4) is 0 Å². The van der Waals surface area contributed by atoms with Crippen molar-refractivity contribution >= 4 is 17.4 Å². The summed E-state index contributed by atoms with van der Waals surface area (Å²) in [5.41, 5.74) is 7.91. The molecule has 0 fully saturated rings. The fourth-order valence-corrected chi connectivity index (χ4v) is 1.79. The summed E-state index contributed by atoms with van der Waals surface area (Å²) in [5, 5.41) is 2.78. The first-order chi connectivity index (χ1) is 10.1. The standard InChI is InChI=1S/C16H18N4O/c1-11(2)19-15(17)12-5-7-13(8-6-12)16(21)20-14-4-3-9-18-10-14/h3-11H,1-2H3,(H2,17,19)(H,20,21). The number of nitrogens with zero attached hydrogens (tertiary/aromatic N) is 2. The first kappa shape index (κ1) is 14.7. The highest BCUT2D eigenvalue weighted by Gasteiger charge is 2.07. The molecule has 5 nitrogen and oxygen atoms in total. The molecule has 0 atom stereocenters. The number of pyridine rings is 1. The van der Waals surface area contributed by atoms with E-state index in [1.165, 1.54) is 0 Å². The SMILES string of the molecule is CC(C)N=C(N)c1ccc(C(=O)Nc2cccnc2)cc1. The van der Waals surface area contributed by atoms with Crippen molar-refractivity contribution in [2.45, 2.75) is 19.9 Å². The summed E-state index contributed by atoms with van der Waals surface area (Å²) in [6.45, 7) is 3.92. The van der Waals surface area contributed by atoms with Gasteiger partial charge in [0, 0.05) is 23.4 Å². The molecule has 0 saturated heterocycles. The van der Waals surface area contributed by atoms with Crippen LogP contribution in [-0.4, -0.2) is 22.8 Å². The number of hydrogen-bond donors (Lipinski definition) is 2. The van der Waals surface area contributed by atoms with E-state index in [2.05, 4.69) is 15.3 Å². The normalized spacial score (nSPS) is 11.5. The Morgan fingerprint density at radius 2 is 1.86 bits per heavy atom. The molecule has 0 unspecified atom stereocenters. The maximum atomic E-state index is 12.1. The second-order valence-corrected chi connectivity index (χ2v) is 4.88. The van der Waals surface area contributed by atoms with Crippen molar-refractivity contribution in [1.29, 1.82) is 0 Å². The number of aromatic nitrogens is 1. The van der Waals surface area contributed by atoms with E-state index in [-0.39, 0.29) is 11.9 Å². The summed E-state index contributed by atoms with van der Waals surface area (Å²) < 4.78 is 0. The van der Waals surface area contributed by atoms with Gasteiger partial charge in [-0.25, -0.2) is 0 Å². The third-order valence-corrected chi connectivity index (χ3v) is 2.76. The number of benzene rings is 1. The Balaban J connectivity index is 2.10. The van der Waals surface area contributed by atoms with Crippen molar-refractivity contribution in [2.75, 3.05) is 5.32 Å². The van der Waals surface area contributed by atoms with Gasteiger partial charge in [-0.1, -0.05) is 12.1 Å². The maximum Gasteiger partial charge on any atom is 0.255 e. The van der Waals surface area contributed by atoms with E-state index in [4.69, 9.17) is 5.73 Å². The zero-order valence-corrected chi connectivity index (χ0v) is 12.1. The van der Waals surface area contributed by atoms with E-state index in [9.17, 15) is 4.79 Å². The van der Waals surface area contributed by atoms with Gasteiger partial charge < -0.3 is 11.1 Å². The average molecular weight is 282 g/mol. The Kier molecular flexibility index (Phi) is 4.66. The van der Waals surface area contributed by atoms with Gasteiger partial charge in [0.2, 0.25) is 0 Å². The van der Waals surface area contributed by atoms with Crippen LogP contribution < -0.4 is 11.1 Å².